The zero-order valence-electron chi connectivity index (χ0n) is 16.5. The van der Waals surface area contributed by atoms with Crippen LogP contribution in [0.4, 0.5) is 11.4 Å². The number of carbonyl (C=O) groups is 2. The van der Waals surface area contributed by atoms with Gasteiger partial charge in [0.1, 0.15) is 11.2 Å². The summed E-state index contributed by atoms with van der Waals surface area (Å²) >= 11 is 6.24. The molecule has 0 fully saturated rings. The van der Waals surface area contributed by atoms with E-state index in [0.29, 0.717) is 38.6 Å². The molecule has 0 spiro atoms. The number of ketones is 1. The minimum absolute atomic E-state index is 0.0955. The molecule has 0 aliphatic carbocycles. The minimum Gasteiger partial charge on any atom is -0.395 e. The summed E-state index contributed by atoms with van der Waals surface area (Å²) in [7, 11) is 1.51. The maximum absolute atomic E-state index is 13.3. The maximum Gasteiger partial charge on any atom is 0.254 e. The molecule has 0 saturated heterocycles. The van der Waals surface area contributed by atoms with Gasteiger partial charge in [0, 0.05) is 25.4 Å². The van der Waals surface area contributed by atoms with Crippen molar-refractivity contribution in [1.29, 1.82) is 0 Å². The SMILES string of the molecule is COC[C@]1(C)Nc2c(cnc3[nH]cc(C(=O)c4ccccc4Cl)c23)N(CCO)C1=O. The Morgan fingerprint density at radius 1 is 1.33 bits per heavy atom. The molecule has 9 heteroatoms. The van der Waals surface area contributed by atoms with Gasteiger partial charge in [0.15, 0.2) is 5.78 Å². The summed E-state index contributed by atoms with van der Waals surface area (Å²) in [6, 6.07) is 6.83. The first-order valence-corrected chi connectivity index (χ1v) is 9.78. The number of aromatic amines is 1. The molecular formula is C21H21ClN4O4. The van der Waals surface area contributed by atoms with Crippen molar-refractivity contribution in [2.24, 2.45) is 0 Å². The molecule has 30 heavy (non-hydrogen) atoms. The molecular weight excluding hydrogens is 408 g/mol. The zero-order valence-corrected chi connectivity index (χ0v) is 17.3. The Balaban J connectivity index is 1.93. The van der Waals surface area contributed by atoms with Gasteiger partial charge in [0.25, 0.3) is 5.91 Å². The highest BCUT2D eigenvalue weighted by atomic mass is 35.5. The lowest BCUT2D eigenvalue weighted by atomic mass is 9.94. The van der Waals surface area contributed by atoms with Crippen molar-refractivity contribution in [2.45, 2.75) is 12.5 Å². The van der Waals surface area contributed by atoms with Gasteiger partial charge in [-0.1, -0.05) is 23.7 Å². The third-order valence-corrected chi connectivity index (χ3v) is 5.54. The second-order valence-electron chi connectivity index (χ2n) is 7.32. The second-order valence-corrected chi connectivity index (χ2v) is 7.73. The Hall–Kier alpha value is -2.94. The molecule has 156 valence electrons. The average molecular weight is 429 g/mol. The molecule has 4 rings (SSSR count). The van der Waals surface area contributed by atoms with E-state index in [2.05, 4.69) is 15.3 Å². The van der Waals surface area contributed by atoms with Crippen LogP contribution in [0.25, 0.3) is 11.0 Å². The topological polar surface area (TPSA) is 108 Å². The van der Waals surface area contributed by atoms with Gasteiger partial charge >= 0.3 is 0 Å². The van der Waals surface area contributed by atoms with Gasteiger partial charge in [-0.2, -0.15) is 0 Å². The van der Waals surface area contributed by atoms with Gasteiger partial charge in [-0.05, 0) is 19.1 Å². The van der Waals surface area contributed by atoms with Gasteiger partial charge in [-0.3, -0.25) is 9.59 Å². The summed E-state index contributed by atoms with van der Waals surface area (Å²) in [5.74, 6) is -0.510. The van der Waals surface area contributed by atoms with E-state index in [-0.39, 0.29) is 31.4 Å². The molecule has 0 saturated carbocycles. The highest BCUT2D eigenvalue weighted by Crippen LogP contribution is 2.41. The van der Waals surface area contributed by atoms with Crippen LogP contribution in [0.3, 0.4) is 0 Å². The molecule has 1 aliphatic heterocycles. The smallest absolute Gasteiger partial charge is 0.254 e. The monoisotopic (exact) mass is 428 g/mol. The number of anilines is 2. The van der Waals surface area contributed by atoms with E-state index in [9.17, 15) is 14.7 Å². The number of nitrogens with one attached hydrogen (secondary N) is 2. The third kappa shape index (κ3) is 3.13. The van der Waals surface area contributed by atoms with Crippen LogP contribution in [0.1, 0.15) is 22.8 Å². The molecule has 3 N–H and O–H groups in total. The van der Waals surface area contributed by atoms with Crippen molar-refractivity contribution in [3.8, 4) is 0 Å². The number of fused-ring (bicyclic) bond motifs is 3. The summed E-state index contributed by atoms with van der Waals surface area (Å²) in [6.45, 7) is 1.71. The Bertz CT molecular complexity index is 1150. The molecule has 1 aromatic carbocycles. The normalized spacial score (nSPS) is 18.4. The van der Waals surface area contributed by atoms with Gasteiger partial charge in [-0.25, -0.2) is 4.98 Å². The largest absolute Gasteiger partial charge is 0.395 e. The summed E-state index contributed by atoms with van der Waals surface area (Å²) < 4.78 is 5.27. The molecule has 1 amide bonds. The number of rotatable bonds is 6. The van der Waals surface area contributed by atoms with Crippen molar-refractivity contribution in [2.75, 3.05) is 37.1 Å². The summed E-state index contributed by atoms with van der Waals surface area (Å²) in [5, 5.41) is 13.7. The van der Waals surface area contributed by atoms with Gasteiger partial charge in [0.05, 0.1) is 46.8 Å². The van der Waals surface area contributed by atoms with Gasteiger partial charge in [0.2, 0.25) is 0 Å². The highest BCUT2D eigenvalue weighted by Gasteiger charge is 2.43. The van der Waals surface area contributed by atoms with E-state index < -0.39 is 5.54 Å². The molecule has 3 heterocycles. The number of aromatic nitrogens is 2. The molecule has 1 atom stereocenters. The first-order chi connectivity index (χ1) is 14.4. The number of H-pyrrole nitrogens is 1. The van der Waals surface area contributed by atoms with Crippen LogP contribution in [0.5, 0.6) is 0 Å². The van der Waals surface area contributed by atoms with Crippen LogP contribution in [0.2, 0.25) is 5.02 Å². The van der Waals surface area contributed by atoms with Crippen LogP contribution >= 0.6 is 11.6 Å². The molecule has 0 unspecified atom stereocenters. The Morgan fingerprint density at radius 3 is 2.80 bits per heavy atom. The average Bonchev–Trinajstić information content (AvgIpc) is 3.16. The summed E-state index contributed by atoms with van der Waals surface area (Å²) in [5.41, 5.74) is 1.24. The number of nitrogens with zero attached hydrogens (tertiary/aromatic N) is 2. The summed E-state index contributed by atoms with van der Waals surface area (Å²) in [4.78, 5) is 35.3. The molecule has 0 radical (unpaired) electrons. The number of methoxy groups -OCH3 is 1. The number of hydrogen-bond donors (Lipinski definition) is 3. The lowest BCUT2D eigenvalue weighted by molar-refractivity contribution is -0.124. The molecule has 0 bridgehead atoms. The summed E-state index contributed by atoms with van der Waals surface area (Å²) in [6.07, 6.45) is 3.14. The van der Waals surface area contributed by atoms with Crippen LogP contribution in [-0.2, 0) is 9.53 Å². The van der Waals surface area contributed by atoms with Crippen LogP contribution < -0.4 is 10.2 Å². The van der Waals surface area contributed by atoms with Crippen molar-refractivity contribution < 1.29 is 19.4 Å². The highest BCUT2D eigenvalue weighted by molar-refractivity contribution is 6.36. The number of hydrogen-bond acceptors (Lipinski definition) is 6. The van der Waals surface area contributed by atoms with Crippen molar-refractivity contribution in [3.05, 3.63) is 52.8 Å². The minimum atomic E-state index is -1.08. The maximum atomic E-state index is 13.3. The lowest BCUT2D eigenvalue weighted by Crippen LogP contribution is -2.58. The lowest BCUT2D eigenvalue weighted by Gasteiger charge is -2.41. The number of halogens is 1. The van der Waals surface area contributed by atoms with Crippen LogP contribution in [-0.4, -0.2) is 59.2 Å². The van der Waals surface area contributed by atoms with Crippen molar-refractivity contribution in [1.82, 2.24) is 9.97 Å². The predicted molar refractivity (Wildman–Crippen MR) is 114 cm³/mol. The number of β-amino-alcohol motifs (C(OH)–C–C–N with tert-alkyl or cyclic N) is 1. The van der Waals surface area contributed by atoms with Crippen molar-refractivity contribution in [3.63, 3.8) is 0 Å². The standard InChI is InChI=1S/C21H21ClN4O4/c1-21(11-30-2)20(29)26(7-8-27)15-10-24-19-16(17(15)25-21)13(9-23-19)18(28)12-5-3-4-6-14(12)22/h3-6,9-10,25,27H,7-8,11H2,1-2H3,(H,23,24)/t21-/m0/s1. The van der Waals surface area contributed by atoms with E-state index in [1.54, 1.807) is 43.6 Å². The number of amides is 1. The first-order valence-electron chi connectivity index (χ1n) is 9.40. The Labute approximate surface area is 177 Å². The zero-order chi connectivity index (χ0) is 21.5. The number of aliphatic hydroxyl groups excluding tert-OH is 1. The number of benzene rings is 1. The third-order valence-electron chi connectivity index (χ3n) is 5.21. The van der Waals surface area contributed by atoms with Crippen LogP contribution in [0, 0.1) is 0 Å². The Kier molecular flexibility index (Phi) is 5.23. The fourth-order valence-corrected chi connectivity index (χ4v) is 4.05. The van der Waals surface area contributed by atoms with Gasteiger partial charge in [-0.15, -0.1) is 0 Å². The van der Waals surface area contributed by atoms with Crippen LogP contribution in [0.15, 0.2) is 36.7 Å². The molecule has 8 nitrogen and oxygen atoms in total. The molecule has 2 aromatic heterocycles. The molecule has 3 aromatic rings. The van der Waals surface area contributed by atoms with E-state index >= 15 is 0 Å². The quantitative estimate of drug-likeness (QED) is 0.521. The fourth-order valence-electron chi connectivity index (χ4n) is 3.83. The van der Waals surface area contributed by atoms with E-state index in [1.807, 2.05) is 0 Å². The number of ether oxygens (including phenoxy) is 1. The fraction of sp³-hybridized carbons (Fsp3) is 0.286. The number of aliphatic hydroxyl groups is 1. The number of pyridine rings is 1. The van der Waals surface area contributed by atoms with Crippen molar-refractivity contribution >= 4 is 45.7 Å². The predicted octanol–water partition coefficient (Wildman–Crippen LogP) is 2.60. The van der Waals surface area contributed by atoms with E-state index in [0.717, 1.165) is 0 Å². The molecule has 1 aliphatic rings. The Morgan fingerprint density at radius 2 is 2.10 bits per heavy atom. The van der Waals surface area contributed by atoms with E-state index in [4.69, 9.17) is 16.3 Å². The van der Waals surface area contributed by atoms with Gasteiger partial charge < -0.3 is 25.0 Å². The first kappa shape index (κ1) is 20.3. The second kappa shape index (κ2) is 7.71. The number of carbonyl (C=O) groups excluding carboxylic acids is 2. The van der Waals surface area contributed by atoms with E-state index in [1.165, 1.54) is 12.0 Å².